The molecule has 0 fully saturated rings. The van der Waals surface area contributed by atoms with Crippen molar-refractivity contribution >= 4 is 21.4 Å². The molecule has 1 heterocycles. The normalized spacial score (nSPS) is 18.9. The van der Waals surface area contributed by atoms with Crippen molar-refractivity contribution in [3.63, 3.8) is 0 Å². The lowest BCUT2D eigenvalue weighted by Gasteiger charge is -2.30. The fraction of sp³-hybridized carbons (Fsp3) is 0.417. The average molecular weight is 267 g/mol. The van der Waals surface area contributed by atoms with Crippen molar-refractivity contribution < 1.29 is 8.42 Å². The Bertz CT molecular complexity index is 588. The first-order valence-electron chi connectivity index (χ1n) is 5.67. The third kappa shape index (κ3) is 2.39. The zero-order valence-corrected chi connectivity index (χ0v) is 11.5. The summed E-state index contributed by atoms with van der Waals surface area (Å²) in [5.74, 6) is 0. The predicted molar refractivity (Wildman–Crippen MR) is 72.1 cm³/mol. The van der Waals surface area contributed by atoms with Gasteiger partial charge in [-0.1, -0.05) is 0 Å². The first-order chi connectivity index (χ1) is 8.20. The van der Waals surface area contributed by atoms with Crippen molar-refractivity contribution in [3.8, 4) is 0 Å². The maximum absolute atomic E-state index is 11.2. The quantitative estimate of drug-likeness (QED) is 0.886. The number of hydrazone groups is 1. The van der Waals surface area contributed by atoms with Gasteiger partial charge in [0, 0.05) is 12.1 Å². The van der Waals surface area contributed by atoms with E-state index in [4.69, 9.17) is 5.14 Å². The molecule has 1 aliphatic rings. The van der Waals surface area contributed by atoms with Gasteiger partial charge in [0.05, 0.1) is 16.1 Å². The Morgan fingerprint density at radius 2 is 1.83 bits per heavy atom. The minimum absolute atomic E-state index is 0.0901. The molecule has 0 radical (unpaired) electrons. The number of benzene rings is 1. The Kier molecular flexibility index (Phi) is 2.95. The minimum Gasteiger partial charge on any atom is -0.260 e. The van der Waals surface area contributed by atoms with Gasteiger partial charge in [-0.05, 0) is 45.0 Å². The monoisotopic (exact) mass is 267 g/mol. The molecule has 0 saturated heterocycles. The Balaban J connectivity index is 2.36. The SMILES string of the molecule is CC1=NN(c2ccc(S(N)(=O)=O)cc2)C(C)(C)C1. The highest BCUT2D eigenvalue weighted by atomic mass is 32.2. The second-order valence-electron chi connectivity index (χ2n) is 5.18. The average Bonchev–Trinajstić information content (AvgIpc) is 2.51. The number of nitrogens with two attached hydrogens (primary N) is 1. The molecule has 98 valence electrons. The zero-order valence-electron chi connectivity index (χ0n) is 10.7. The molecule has 0 spiro atoms. The van der Waals surface area contributed by atoms with Crippen LogP contribution >= 0.6 is 0 Å². The Morgan fingerprint density at radius 3 is 2.22 bits per heavy atom. The van der Waals surface area contributed by atoms with E-state index in [0.717, 1.165) is 17.8 Å². The molecule has 6 heteroatoms. The summed E-state index contributed by atoms with van der Waals surface area (Å²) in [4.78, 5) is 0.115. The third-order valence-corrected chi connectivity index (χ3v) is 3.87. The Morgan fingerprint density at radius 1 is 1.28 bits per heavy atom. The van der Waals surface area contributed by atoms with Gasteiger partial charge in [-0.2, -0.15) is 5.10 Å². The fourth-order valence-electron chi connectivity index (χ4n) is 2.23. The molecule has 0 saturated carbocycles. The summed E-state index contributed by atoms with van der Waals surface area (Å²) in [5.41, 5.74) is 1.84. The number of nitrogens with zero attached hydrogens (tertiary/aromatic N) is 2. The highest BCUT2D eigenvalue weighted by molar-refractivity contribution is 7.89. The van der Waals surface area contributed by atoms with Crippen LogP contribution in [0.3, 0.4) is 0 Å². The van der Waals surface area contributed by atoms with Crippen LogP contribution in [0.1, 0.15) is 27.2 Å². The highest BCUT2D eigenvalue weighted by Gasteiger charge is 2.33. The molecule has 0 aromatic heterocycles. The molecule has 0 aliphatic carbocycles. The maximum Gasteiger partial charge on any atom is 0.238 e. The van der Waals surface area contributed by atoms with E-state index in [1.807, 2.05) is 11.9 Å². The molecule has 0 bridgehead atoms. The summed E-state index contributed by atoms with van der Waals surface area (Å²) < 4.78 is 22.4. The van der Waals surface area contributed by atoms with Gasteiger partial charge >= 0.3 is 0 Å². The summed E-state index contributed by atoms with van der Waals surface area (Å²) in [6.45, 7) is 6.18. The maximum atomic E-state index is 11.2. The molecular formula is C12H17N3O2S. The van der Waals surface area contributed by atoms with Crippen molar-refractivity contribution in [2.24, 2.45) is 10.2 Å². The molecular weight excluding hydrogens is 250 g/mol. The fourth-order valence-corrected chi connectivity index (χ4v) is 2.74. The van der Waals surface area contributed by atoms with Gasteiger partial charge < -0.3 is 0 Å². The number of hydrogen-bond acceptors (Lipinski definition) is 4. The van der Waals surface area contributed by atoms with Crippen molar-refractivity contribution in [1.82, 2.24) is 0 Å². The largest absolute Gasteiger partial charge is 0.260 e. The van der Waals surface area contributed by atoms with E-state index >= 15 is 0 Å². The lowest BCUT2D eigenvalue weighted by Crippen LogP contribution is -2.36. The molecule has 1 aromatic rings. The van der Waals surface area contributed by atoms with Crippen LogP contribution < -0.4 is 10.1 Å². The van der Waals surface area contributed by atoms with Gasteiger partial charge in [0.2, 0.25) is 10.0 Å². The first kappa shape index (κ1) is 13.0. The van der Waals surface area contributed by atoms with Gasteiger partial charge in [0.1, 0.15) is 0 Å². The van der Waals surface area contributed by atoms with E-state index in [1.165, 1.54) is 12.1 Å². The molecule has 0 amide bonds. The lowest BCUT2D eigenvalue weighted by molar-refractivity contribution is 0.516. The number of primary sulfonamides is 1. The van der Waals surface area contributed by atoms with Crippen LogP contribution in [-0.2, 0) is 10.0 Å². The second kappa shape index (κ2) is 4.07. The summed E-state index contributed by atoms with van der Waals surface area (Å²) in [7, 11) is -3.64. The van der Waals surface area contributed by atoms with E-state index in [9.17, 15) is 8.42 Å². The summed E-state index contributed by atoms with van der Waals surface area (Å²) in [6.07, 6.45) is 0.893. The van der Waals surface area contributed by atoms with E-state index < -0.39 is 10.0 Å². The van der Waals surface area contributed by atoms with E-state index in [1.54, 1.807) is 12.1 Å². The molecule has 5 nitrogen and oxygen atoms in total. The van der Waals surface area contributed by atoms with E-state index in [-0.39, 0.29) is 10.4 Å². The van der Waals surface area contributed by atoms with Crippen LogP contribution in [0.15, 0.2) is 34.3 Å². The zero-order chi connectivity index (χ0) is 13.6. The van der Waals surface area contributed by atoms with Crippen LogP contribution in [0.5, 0.6) is 0 Å². The molecule has 0 unspecified atom stereocenters. The lowest BCUT2D eigenvalue weighted by atomic mass is 9.98. The molecule has 18 heavy (non-hydrogen) atoms. The molecule has 1 aliphatic heterocycles. The van der Waals surface area contributed by atoms with Crippen LogP contribution in [0.25, 0.3) is 0 Å². The number of anilines is 1. The number of sulfonamides is 1. The van der Waals surface area contributed by atoms with E-state index in [0.29, 0.717) is 0 Å². The van der Waals surface area contributed by atoms with Gasteiger partial charge in [0.25, 0.3) is 0 Å². The second-order valence-corrected chi connectivity index (χ2v) is 6.74. The minimum atomic E-state index is -3.64. The summed E-state index contributed by atoms with van der Waals surface area (Å²) >= 11 is 0. The van der Waals surface area contributed by atoms with Crippen LogP contribution in [0.2, 0.25) is 0 Å². The molecule has 2 rings (SSSR count). The molecule has 1 aromatic carbocycles. The molecule has 0 atom stereocenters. The number of rotatable bonds is 2. The van der Waals surface area contributed by atoms with Crippen molar-refractivity contribution in [2.45, 2.75) is 37.6 Å². The van der Waals surface area contributed by atoms with Crippen LogP contribution in [-0.4, -0.2) is 19.7 Å². The van der Waals surface area contributed by atoms with E-state index in [2.05, 4.69) is 18.9 Å². The Labute approximate surface area is 107 Å². The first-order valence-corrected chi connectivity index (χ1v) is 7.22. The standard InChI is InChI=1S/C12H17N3O2S/c1-9-8-12(2,3)15(14-9)10-4-6-11(7-5-10)18(13,16)17/h4-7H,8H2,1-3H3,(H2,13,16,17). The van der Waals surface area contributed by atoms with Gasteiger partial charge in [-0.15, -0.1) is 0 Å². The van der Waals surface area contributed by atoms with Crippen LogP contribution in [0, 0.1) is 0 Å². The van der Waals surface area contributed by atoms with Crippen LogP contribution in [0.4, 0.5) is 5.69 Å². The predicted octanol–water partition coefficient (Wildman–Crippen LogP) is 1.70. The van der Waals surface area contributed by atoms with Gasteiger partial charge in [0.15, 0.2) is 0 Å². The van der Waals surface area contributed by atoms with Crippen molar-refractivity contribution in [3.05, 3.63) is 24.3 Å². The summed E-state index contributed by atoms with van der Waals surface area (Å²) in [5, 5.41) is 11.5. The Hall–Kier alpha value is -1.40. The summed E-state index contributed by atoms with van der Waals surface area (Å²) in [6, 6.07) is 6.46. The third-order valence-electron chi connectivity index (χ3n) is 2.94. The van der Waals surface area contributed by atoms with Gasteiger partial charge in [-0.3, -0.25) is 5.01 Å². The van der Waals surface area contributed by atoms with Crippen molar-refractivity contribution in [2.75, 3.05) is 5.01 Å². The smallest absolute Gasteiger partial charge is 0.238 e. The van der Waals surface area contributed by atoms with Gasteiger partial charge in [-0.25, -0.2) is 13.6 Å². The highest BCUT2D eigenvalue weighted by Crippen LogP contribution is 2.32. The van der Waals surface area contributed by atoms with Crippen molar-refractivity contribution in [1.29, 1.82) is 0 Å². The molecule has 2 N–H and O–H groups in total. The number of hydrogen-bond donors (Lipinski definition) is 1. The topological polar surface area (TPSA) is 75.8 Å².